The van der Waals surface area contributed by atoms with Gasteiger partial charge in [-0.3, -0.25) is 0 Å². The maximum atomic E-state index is 13.7. The molecule has 0 aliphatic carbocycles. The highest BCUT2D eigenvalue weighted by Crippen LogP contribution is 2.35. The first-order valence-electron chi connectivity index (χ1n) is 6.73. The van der Waals surface area contributed by atoms with Gasteiger partial charge in [0.05, 0.1) is 11.6 Å². The average molecular weight is 289 g/mol. The van der Waals surface area contributed by atoms with Crippen molar-refractivity contribution in [3.63, 3.8) is 0 Å². The Balaban J connectivity index is 2.01. The van der Waals surface area contributed by atoms with Gasteiger partial charge in [-0.05, 0) is 29.5 Å². The van der Waals surface area contributed by atoms with Gasteiger partial charge in [0.2, 0.25) is 0 Å². The van der Waals surface area contributed by atoms with Gasteiger partial charge in [-0.15, -0.1) is 11.3 Å². The minimum Gasteiger partial charge on any atom is -0.388 e. The summed E-state index contributed by atoms with van der Waals surface area (Å²) in [6.07, 6.45) is 3.14. The van der Waals surface area contributed by atoms with E-state index in [0.717, 1.165) is 34.2 Å². The van der Waals surface area contributed by atoms with Crippen molar-refractivity contribution in [2.24, 2.45) is 0 Å². The number of aliphatic hydroxyl groups excluding tert-OH is 1. The normalized spacial score (nSPS) is 12.9. The van der Waals surface area contributed by atoms with Gasteiger partial charge >= 0.3 is 0 Å². The monoisotopic (exact) mass is 289 g/mol. The van der Waals surface area contributed by atoms with Crippen molar-refractivity contribution < 1.29 is 9.50 Å². The summed E-state index contributed by atoms with van der Waals surface area (Å²) in [4.78, 5) is 3.95. The van der Waals surface area contributed by atoms with Gasteiger partial charge in [0.25, 0.3) is 0 Å². The Morgan fingerprint density at radius 2 is 2.25 bits per heavy atom. The summed E-state index contributed by atoms with van der Waals surface area (Å²) in [7, 11) is 0. The number of rotatable bonds is 4. The number of aromatic amines is 1. The molecule has 2 nitrogen and oxygen atoms in total. The highest BCUT2D eigenvalue weighted by Gasteiger charge is 2.13. The smallest absolute Gasteiger partial charge is 0.147 e. The van der Waals surface area contributed by atoms with E-state index < -0.39 is 6.10 Å². The van der Waals surface area contributed by atoms with Crippen LogP contribution in [-0.2, 0) is 0 Å². The van der Waals surface area contributed by atoms with E-state index in [2.05, 4.69) is 11.9 Å². The molecule has 0 bridgehead atoms. The minimum atomic E-state index is -0.402. The number of nitrogens with one attached hydrogen (secondary N) is 1. The van der Waals surface area contributed by atoms with E-state index in [-0.39, 0.29) is 5.82 Å². The molecule has 2 N–H and O–H groups in total. The topological polar surface area (TPSA) is 36.0 Å². The first-order valence-corrected chi connectivity index (χ1v) is 7.61. The van der Waals surface area contributed by atoms with Crippen LogP contribution in [0.1, 0.15) is 30.7 Å². The van der Waals surface area contributed by atoms with E-state index in [0.29, 0.717) is 5.52 Å². The van der Waals surface area contributed by atoms with Crippen LogP contribution in [-0.4, -0.2) is 10.1 Å². The Morgan fingerprint density at radius 1 is 1.40 bits per heavy atom. The molecule has 3 aromatic rings. The minimum absolute atomic E-state index is 0.241. The molecule has 1 unspecified atom stereocenters. The summed E-state index contributed by atoms with van der Waals surface area (Å²) in [5.74, 6) is -0.241. The molecular formula is C16H16FNOS. The van der Waals surface area contributed by atoms with Crippen LogP contribution in [0.3, 0.4) is 0 Å². The zero-order chi connectivity index (χ0) is 14.1. The Labute approximate surface area is 120 Å². The number of H-pyrrole nitrogens is 1. The lowest BCUT2D eigenvalue weighted by Crippen LogP contribution is -1.92. The van der Waals surface area contributed by atoms with Gasteiger partial charge in [-0.2, -0.15) is 0 Å². The van der Waals surface area contributed by atoms with Crippen LogP contribution < -0.4 is 0 Å². The van der Waals surface area contributed by atoms with Crippen LogP contribution in [0, 0.1) is 5.82 Å². The lowest BCUT2D eigenvalue weighted by atomic mass is 10.1. The molecule has 0 saturated heterocycles. The van der Waals surface area contributed by atoms with Crippen LogP contribution in [0.4, 0.5) is 4.39 Å². The van der Waals surface area contributed by atoms with Crippen LogP contribution in [0.5, 0.6) is 0 Å². The van der Waals surface area contributed by atoms with Crippen LogP contribution in [0.2, 0.25) is 0 Å². The lowest BCUT2D eigenvalue weighted by molar-refractivity contribution is 0.170. The van der Waals surface area contributed by atoms with Gasteiger partial charge in [0.1, 0.15) is 5.82 Å². The predicted octanol–water partition coefficient (Wildman–Crippen LogP) is 4.87. The van der Waals surface area contributed by atoms with Crippen molar-refractivity contribution in [3.05, 3.63) is 46.5 Å². The second kappa shape index (κ2) is 5.38. The Bertz CT molecular complexity index is 731. The Hall–Kier alpha value is -1.65. The third kappa shape index (κ3) is 2.25. The SMILES string of the molecule is CCCC(O)c1cc(-c2c[nH]c3c(F)cccc23)cs1. The second-order valence-corrected chi connectivity index (χ2v) is 5.85. The summed E-state index contributed by atoms with van der Waals surface area (Å²) < 4.78 is 13.7. The molecule has 0 radical (unpaired) electrons. The third-order valence-electron chi connectivity index (χ3n) is 3.49. The molecular weight excluding hydrogens is 273 g/mol. The number of hydrogen-bond donors (Lipinski definition) is 2. The largest absolute Gasteiger partial charge is 0.388 e. The van der Waals surface area contributed by atoms with E-state index in [9.17, 15) is 9.50 Å². The van der Waals surface area contributed by atoms with E-state index in [1.165, 1.54) is 6.07 Å². The molecule has 0 spiro atoms. The molecule has 20 heavy (non-hydrogen) atoms. The number of hydrogen-bond acceptors (Lipinski definition) is 2. The molecule has 1 aromatic carbocycles. The van der Waals surface area contributed by atoms with E-state index in [1.807, 2.05) is 23.7 Å². The standard InChI is InChI=1S/C16H16FNOS/c1-2-4-14(19)15-7-10(9-20-15)12-8-18-16-11(12)5-3-6-13(16)17/h3,5-9,14,18-19H,2,4H2,1H3. The molecule has 0 aliphatic rings. The quantitative estimate of drug-likeness (QED) is 0.706. The number of aromatic nitrogens is 1. The van der Waals surface area contributed by atoms with Crippen molar-refractivity contribution in [3.8, 4) is 11.1 Å². The average Bonchev–Trinajstić information content (AvgIpc) is 3.05. The van der Waals surface area contributed by atoms with Crippen molar-refractivity contribution in [2.75, 3.05) is 0 Å². The van der Waals surface area contributed by atoms with Crippen molar-refractivity contribution >= 4 is 22.2 Å². The zero-order valence-corrected chi connectivity index (χ0v) is 12.0. The van der Waals surface area contributed by atoms with Crippen LogP contribution >= 0.6 is 11.3 Å². The molecule has 0 saturated carbocycles. The fourth-order valence-corrected chi connectivity index (χ4v) is 3.37. The number of aliphatic hydroxyl groups is 1. The molecule has 0 amide bonds. The first kappa shape index (κ1) is 13.3. The fraction of sp³-hybridized carbons (Fsp3) is 0.250. The van der Waals surface area contributed by atoms with E-state index in [1.54, 1.807) is 17.4 Å². The Kier molecular flexibility index (Phi) is 3.59. The lowest BCUT2D eigenvalue weighted by Gasteiger charge is -2.04. The van der Waals surface area contributed by atoms with Gasteiger partial charge in [-0.25, -0.2) is 4.39 Å². The predicted molar refractivity (Wildman–Crippen MR) is 81.4 cm³/mol. The van der Waals surface area contributed by atoms with Crippen molar-refractivity contribution in [2.45, 2.75) is 25.9 Å². The number of thiophene rings is 1. The highest BCUT2D eigenvalue weighted by atomic mass is 32.1. The summed E-state index contributed by atoms with van der Waals surface area (Å²) in [6, 6.07) is 7.07. The van der Waals surface area contributed by atoms with Crippen LogP contribution in [0.25, 0.3) is 22.0 Å². The van der Waals surface area contributed by atoms with Gasteiger partial charge < -0.3 is 10.1 Å². The molecule has 104 valence electrons. The maximum absolute atomic E-state index is 13.7. The van der Waals surface area contributed by atoms with E-state index >= 15 is 0 Å². The number of fused-ring (bicyclic) bond motifs is 1. The van der Waals surface area contributed by atoms with Crippen LogP contribution in [0.15, 0.2) is 35.8 Å². The zero-order valence-electron chi connectivity index (χ0n) is 11.2. The molecule has 0 aliphatic heterocycles. The summed E-state index contributed by atoms with van der Waals surface area (Å²) in [5.41, 5.74) is 2.53. The van der Waals surface area contributed by atoms with Gasteiger partial charge in [0, 0.05) is 22.0 Å². The summed E-state index contributed by atoms with van der Waals surface area (Å²) in [6.45, 7) is 2.06. The second-order valence-electron chi connectivity index (χ2n) is 4.91. The number of halogens is 1. The molecule has 2 aromatic heterocycles. The summed E-state index contributed by atoms with van der Waals surface area (Å²) in [5, 5.41) is 12.9. The van der Waals surface area contributed by atoms with E-state index in [4.69, 9.17) is 0 Å². The number of benzene rings is 1. The molecule has 0 fully saturated rings. The first-order chi connectivity index (χ1) is 9.70. The Morgan fingerprint density at radius 3 is 3.05 bits per heavy atom. The molecule has 2 heterocycles. The highest BCUT2D eigenvalue weighted by molar-refractivity contribution is 7.10. The molecule has 3 rings (SSSR count). The van der Waals surface area contributed by atoms with Crippen molar-refractivity contribution in [1.29, 1.82) is 0 Å². The fourth-order valence-electron chi connectivity index (χ4n) is 2.44. The van der Waals surface area contributed by atoms with Gasteiger partial charge in [-0.1, -0.05) is 25.5 Å². The summed E-state index contributed by atoms with van der Waals surface area (Å²) >= 11 is 1.55. The molecule has 1 atom stereocenters. The maximum Gasteiger partial charge on any atom is 0.147 e. The van der Waals surface area contributed by atoms with Gasteiger partial charge in [0.15, 0.2) is 0 Å². The number of para-hydroxylation sites is 1. The molecule has 4 heteroatoms. The van der Waals surface area contributed by atoms with Crippen molar-refractivity contribution in [1.82, 2.24) is 4.98 Å². The third-order valence-corrected chi connectivity index (χ3v) is 4.52.